The summed E-state index contributed by atoms with van der Waals surface area (Å²) in [5.41, 5.74) is 1.86. The van der Waals surface area contributed by atoms with Crippen molar-refractivity contribution in [2.24, 2.45) is 0 Å². The Morgan fingerprint density at radius 1 is 1.30 bits per heavy atom. The third-order valence-corrected chi connectivity index (χ3v) is 4.82. The number of carbonyl (C=O) groups excluding carboxylic acids is 2. The van der Waals surface area contributed by atoms with Crippen LogP contribution in [0.4, 0.5) is 0 Å². The molecule has 1 aliphatic rings. The maximum Gasteiger partial charge on any atom is 0.303 e. The molecule has 6 nitrogen and oxygen atoms in total. The molecule has 0 radical (unpaired) electrons. The van der Waals surface area contributed by atoms with Gasteiger partial charge in [-0.05, 0) is 21.9 Å². The van der Waals surface area contributed by atoms with Crippen LogP contribution in [0.1, 0.15) is 36.9 Å². The second-order valence-electron chi connectivity index (χ2n) is 6.58. The van der Waals surface area contributed by atoms with Gasteiger partial charge < -0.3 is 14.4 Å². The SMILES string of the molecule is COCc1ccc2ccccc2c1[C@@H]1[C@@H](OC(C)=O)CC(=O)N1CCC#N. The predicted octanol–water partition coefficient (Wildman–Crippen LogP) is 3.10. The molecule has 1 heterocycles. The van der Waals surface area contributed by atoms with Crippen molar-refractivity contribution in [2.45, 2.75) is 38.5 Å². The highest BCUT2D eigenvalue weighted by Gasteiger charge is 2.44. The summed E-state index contributed by atoms with van der Waals surface area (Å²) >= 11 is 0. The molecule has 2 aromatic rings. The Bertz CT molecular complexity index is 903. The van der Waals surface area contributed by atoms with Crippen molar-refractivity contribution in [3.8, 4) is 6.07 Å². The fourth-order valence-corrected chi connectivity index (χ4v) is 3.82. The Morgan fingerprint density at radius 3 is 2.78 bits per heavy atom. The number of nitriles is 1. The average Bonchev–Trinajstić information content (AvgIpc) is 2.94. The molecule has 1 amide bonds. The lowest BCUT2D eigenvalue weighted by molar-refractivity contribution is -0.147. The highest BCUT2D eigenvalue weighted by Crippen LogP contribution is 2.40. The van der Waals surface area contributed by atoms with Crippen LogP contribution in [0.3, 0.4) is 0 Å². The Balaban J connectivity index is 2.18. The number of amides is 1. The van der Waals surface area contributed by atoms with Gasteiger partial charge in [-0.2, -0.15) is 5.26 Å². The number of benzene rings is 2. The minimum atomic E-state index is -0.588. The molecule has 2 aromatic carbocycles. The van der Waals surface area contributed by atoms with Gasteiger partial charge in [-0.1, -0.05) is 36.4 Å². The average molecular weight is 366 g/mol. The molecule has 1 saturated heterocycles. The van der Waals surface area contributed by atoms with Crippen LogP contribution in [0.25, 0.3) is 10.8 Å². The number of fused-ring (bicyclic) bond motifs is 1. The first kappa shape index (κ1) is 18.9. The number of likely N-dealkylation sites (tertiary alicyclic amines) is 1. The smallest absolute Gasteiger partial charge is 0.303 e. The van der Waals surface area contributed by atoms with Gasteiger partial charge >= 0.3 is 5.97 Å². The van der Waals surface area contributed by atoms with E-state index < -0.39 is 18.1 Å². The molecule has 0 unspecified atom stereocenters. The third kappa shape index (κ3) is 3.79. The molecule has 27 heavy (non-hydrogen) atoms. The number of nitrogens with zero attached hydrogens (tertiary/aromatic N) is 2. The maximum atomic E-state index is 12.7. The summed E-state index contributed by atoms with van der Waals surface area (Å²) in [5.74, 6) is -0.536. The largest absolute Gasteiger partial charge is 0.459 e. The highest BCUT2D eigenvalue weighted by molar-refractivity contribution is 5.89. The van der Waals surface area contributed by atoms with Gasteiger partial charge in [0.1, 0.15) is 6.10 Å². The van der Waals surface area contributed by atoms with E-state index in [9.17, 15) is 9.59 Å². The van der Waals surface area contributed by atoms with Gasteiger partial charge in [0.15, 0.2) is 0 Å². The summed E-state index contributed by atoms with van der Waals surface area (Å²) < 4.78 is 10.9. The summed E-state index contributed by atoms with van der Waals surface area (Å²) in [6.45, 7) is 2.02. The van der Waals surface area contributed by atoms with Crippen molar-refractivity contribution in [2.75, 3.05) is 13.7 Å². The van der Waals surface area contributed by atoms with Gasteiger partial charge in [-0.15, -0.1) is 0 Å². The van der Waals surface area contributed by atoms with Crippen LogP contribution < -0.4 is 0 Å². The van der Waals surface area contributed by atoms with Gasteiger partial charge in [-0.3, -0.25) is 9.59 Å². The first-order valence-electron chi connectivity index (χ1n) is 8.90. The first-order chi connectivity index (χ1) is 13.1. The van der Waals surface area contributed by atoms with E-state index in [1.807, 2.05) is 36.4 Å². The molecular formula is C21H22N2O4. The standard InChI is InChI=1S/C21H22N2O4/c1-14(24)27-18-12-19(25)23(11-5-10-22)21(18)20-16(13-26-2)9-8-15-6-3-4-7-17(15)20/h3-4,6-9,18,21H,5,11-13H2,1-2H3/t18-,21-/m0/s1. The number of rotatable bonds is 6. The summed E-state index contributed by atoms with van der Waals surface area (Å²) in [6, 6.07) is 13.6. The zero-order chi connectivity index (χ0) is 19.4. The minimum Gasteiger partial charge on any atom is -0.459 e. The fourth-order valence-electron chi connectivity index (χ4n) is 3.82. The van der Waals surface area contributed by atoms with Gasteiger partial charge in [-0.25, -0.2) is 0 Å². The third-order valence-electron chi connectivity index (χ3n) is 4.82. The second-order valence-corrected chi connectivity index (χ2v) is 6.58. The van der Waals surface area contributed by atoms with E-state index in [1.54, 1.807) is 12.0 Å². The quantitative estimate of drug-likeness (QED) is 0.734. The van der Waals surface area contributed by atoms with Crippen molar-refractivity contribution in [1.82, 2.24) is 4.90 Å². The number of hydrogen-bond donors (Lipinski definition) is 0. The number of ether oxygens (including phenoxy) is 2. The van der Waals surface area contributed by atoms with Crippen LogP contribution in [-0.4, -0.2) is 36.5 Å². The Morgan fingerprint density at radius 2 is 2.07 bits per heavy atom. The number of esters is 1. The topological polar surface area (TPSA) is 79.6 Å². The molecule has 0 bridgehead atoms. The normalized spacial score (nSPS) is 19.3. The van der Waals surface area contributed by atoms with E-state index in [0.717, 1.165) is 21.9 Å². The minimum absolute atomic E-state index is 0.113. The van der Waals surface area contributed by atoms with Crippen LogP contribution in [0, 0.1) is 11.3 Å². The van der Waals surface area contributed by atoms with E-state index in [0.29, 0.717) is 13.2 Å². The van der Waals surface area contributed by atoms with Crippen molar-refractivity contribution in [1.29, 1.82) is 5.26 Å². The zero-order valence-corrected chi connectivity index (χ0v) is 15.5. The van der Waals surface area contributed by atoms with Crippen LogP contribution in [0.15, 0.2) is 36.4 Å². The predicted molar refractivity (Wildman–Crippen MR) is 99.5 cm³/mol. The number of methoxy groups -OCH3 is 1. The molecule has 3 rings (SSSR count). The molecule has 0 N–H and O–H groups in total. The summed E-state index contributed by atoms with van der Waals surface area (Å²) in [4.78, 5) is 26.0. The Kier molecular flexibility index (Phi) is 5.72. The highest BCUT2D eigenvalue weighted by atomic mass is 16.5. The van der Waals surface area contributed by atoms with Gasteiger partial charge in [0, 0.05) is 20.6 Å². The zero-order valence-electron chi connectivity index (χ0n) is 15.5. The molecule has 2 atom stereocenters. The van der Waals surface area contributed by atoms with Crippen LogP contribution in [0.5, 0.6) is 0 Å². The van der Waals surface area contributed by atoms with Crippen molar-refractivity contribution in [3.63, 3.8) is 0 Å². The van der Waals surface area contributed by atoms with Gasteiger partial charge in [0.05, 0.1) is 31.6 Å². The van der Waals surface area contributed by atoms with Gasteiger partial charge in [0.25, 0.3) is 0 Å². The lowest BCUT2D eigenvalue weighted by atomic mass is 9.91. The van der Waals surface area contributed by atoms with Crippen molar-refractivity contribution in [3.05, 3.63) is 47.5 Å². The molecule has 140 valence electrons. The fraction of sp³-hybridized carbons (Fsp3) is 0.381. The first-order valence-corrected chi connectivity index (χ1v) is 8.90. The molecule has 6 heteroatoms. The summed E-state index contributed by atoms with van der Waals surface area (Å²) in [5, 5.41) is 11.0. The molecule has 0 aliphatic carbocycles. The van der Waals surface area contributed by atoms with Gasteiger partial charge in [0.2, 0.25) is 5.91 Å². The van der Waals surface area contributed by atoms with E-state index in [4.69, 9.17) is 14.7 Å². The van der Waals surface area contributed by atoms with E-state index in [-0.39, 0.29) is 18.7 Å². The van der Waals surface area contributed by atoms with E-state index >= 15 is 0 Å². The summed E-state index contributed by atoms with van der Waals surface area (Å²) in [7, 11) is 1.62. The van der Waals surface area contributed by atoms with Crippen molar-refractivity contribution >= 4 is 22.6 Å². The molecule has 0 spiro atoms. The second kappa shape index (κ2) is 8.19. The molecule has 1 fully saturated rings. The summed E-state index contributed by atoms with van der Waals surface area (Å²) in [6.07, 6.45) is -0.250. The lowest BCUT2D eigenvalue weighted by Gasteiger charge is -2.30. The lowest BCUT2D eigenvalue weighted by Crippen LogP contribution is -2.33. The molecule has 0 aromatic heterocycles. The van der Waals surface area contributed by atoms with E-state index in [1.165, 1.54) is 6.92 Å². The molecule has 1 aliphatic heterocycles. The van der Waals surface area contributed by atoms with E-state index in [2.05, 4.69) is 6.07 Å². The molecular weight excluding hydrogens is 344 g/mol. The monoisotopic (exact) mass is 366 g/mol. The number of carbonyl (C=O) groups is 2. The maximum absolute atomic E-state index is 12.7. The van der Waals surface area contributed by atoms with Crippen LogP contribution in [-0.2, 0) is 25.7 Å². The Labute approximate surface area is 158 Å². The van der Waals surface area contributed by atoms with Crippen molar-refractivity contribution < 1.29 is 19.1 Å². The Hall–Kier alpha value is -2.91. The van der Waals surface area contributed by atoms with Crippen LogP contribution in [0.2, 0.25) is 0 Å². The molecule has 0 saturated carbocycles. The van der Waals surface area contributed by atoms with Crippen LogP contribution >= 0.6 is 0 Å². The number of hydrogen-bond acceptors (Lipinski definition) is 5.